The van der Waals surface area contributed by atoms with Crippen LogP contribution in [0.15, 0.2) is 35.7 Å². The van der Waals surface area contributed by atoms with Crippen molar-refractivity contribution in [2.45, 2.75) is 26.2 Å². The maximum Gasteiger partial charge on any atom is 0.335 e. The van der Waals surface area contributed by atoms with Gasteiger partial charge in [0.05, 0.1) is 5.56 Å². The van der Waals surface area contributed by atoms with Gasteiger partial charge in [-0.2, -0.15) is 0 Å². The van der Waals surface area contributed by atoms with Crippen LogP contribution in [0.3, 0.4) is 0 Å². The smallest absolute Gasteiger partial charge is 0.335 e. The molecule has 0 saturated heterocycles. The molecule has 0 atom stereocenters. The first kappa shape index (κ1) is 15.3. The van der Waals surface area contributed by atoms with Gasteiger partial charge in [-0.3, -0.25) is 4.79 Å². The number of hydrogen-bond acceptors (Lipinski definition) is 3. The lowest BCUT2D eigenvalue weighted by atomic mass is 10.1. The molecule has 0 fully saturated rings. The van der Waals surface area contributed by atoms with Crippen molar-refractivity contribution in [1.82, 2.24) is 0 Å². The molecular weight excluding hydrogens is 286 g/mol. The number of carboxylic acid groups (broad SMARTS) is 1. The molecule has 5 heteroatoms. The van der Waals surface area contributed by atoms with Gasteiger partial charge < -0.3 is 10.4 Å². The Hall–Kier alpha value is -2.14. The first-order chi connectivity index (χ1) is 10.1. The quantitative estimate of drug-likeness (QED) is 0.854. The summed E-state index contributed by atoms with van der Waals surface area (Å²) in [7, 11) is 0. The summed E-state index contributed by atoms with van der Waals surface area (Å²) in [6.45, 7) is 1.79. The van der Waals surface area contributed by atoms with Crippen molar-refractivity contribution < 1.29 is 14.7 Å². The van der Waals surface area contributed by atoms with Gasteiger partial charge in [0.25, 0.3) is 0 Å². The summed E-state index contributed by atoms with van der Waals surface area (Å²) in [5.41, 5.74) is 1.64. The number of carbonyl (C=O) groups excluding carboxylic acids is 1. The third-order valence-electron chi connectivity index (χ3n) is 3.15. The van der Waals surface area contributed by atoms with E-state index in [0.29, 0.717) is 12.1 Å². The second kappa shape index (κ2) is 7.04. The molecule has 110 valence electrons. The normalized spacial score (nSPS) is 10.3. The molecule has 0 saturated carbocycles. The van der Waals surface area contributed by atoms with E-state index in [2.05, 4.69) is 11.4 Å². The van der Waals surface area contributed by atoms with Crippen LogP contribution in [0.5, 0.6) is 0 Å². The van der Waals surface area contributed by atoms with E-state index in [4.69, 9.17) is 5.11 Å². The number of carboxylic acids is 1. The average Bonchev–Trinajstić information content (AvgIpc) is 2.94. The highest BCUT2D eigenvalue weighted by molar-refractivity contribution is 7.09. The van der Waals surface area contributed by atoms with Crippen molar-refractivity contribution in [3.8, 4) is 0 Å². The monoisotopic (exact) mass is 303 g/mol. The molecule has 1 heterocycles. The van der Waals surface area contributed by atoms with Crippen LogP contribution in [-0.2, 0) is 11.2 Å². The fraction of sp³-hybridized carbons (Fsp3) is 0.250. The minimum atomic E-state index is -0.966. The Morgan fingerprint density at radius 1 is 1.29 bits per heavy atom. The van der Waals surface area contributed by atoms with E-state index in [1.807, 2.05) is 11.4 Å². The van der Waals surface area contributed by atoms with Crippen LogP contribution in [0.25, 0.3) is 0 Å². The summed E-state index contributed by atoms with van der Waals surface area (Å²) < 4.78 is 0. The molecule has 0 aliphatic carbocycles. The zero-order chi connectivity index (χ0) is 15.2. The number of aromatic carboxylic acids is 1. The molecule has 2 rings (SSSR count). The molecule has 0 aliphatic rings. The van der Waals surface area contributed by atoms with Gasteiger partial charge in [0.1, 0.15) is 0 Å². The van der Waals surface area contributed by atoms with Crippen molar-refractivity contribution in [1.29, 1.82) is 0 Å². The lowest BCUT2D eigenvalue weighted by Crippen LogP contribution is -2.12. The van der Waals surface area contributed by atoms with Crippen molar-refractivity contribution in [2.24, 2.45) is 0 Å². The summed E-state index contributed by atoms with van der Waals surface area (Å²) in [6, 6.07) is 8.76. The molecule has 4 nitrogen and oxygen atoms in total. The molecule has 0 radical (unpaired) electrons. The van der Waals surface area contributed by atoms with Crippen molar-refractivity contribution in [3.63, 3.8) is 0 Å². The van der Waals surface area contributed by atoms with Crippen LogP contribution in [0.2, 0.25) is 0 Å². The van der Waals surface area contributed by atoms with Crippen LogP contribution in [-0.4, -0.2) is 17.0 Å². The van der Waals surface area contributed by atoms with E-state index in [1.165, 1.54) is 10.9 Å². The predicted octanol–water partition coefficient (Wildman–Crippen LogP) is 3.72. The van der Waals surface area contributed by atoms with Gasteiger partial charge in [0.2, 0.25) is 5.91 Å². The number of amides is 1. The fourth-order valence-corrected chi connectivity index (χ4v) is 2.78. The van der Waals surface area contributed by atoms with E-state index in [0.717, 1.165) is 18.4 Å². The lowest BCUT2D eigenvalue weighted by molar-refractivity contribution is -0.116. The van der Waals surface area contributed by atoms with Crippen LogP contribution >= 0.6 is 11.3 Å². The molecule has 0 aliphatic heterocycles. The predicted molar refractivity (Wildman–Crippen MR) is 84.0 cm³/mol. The number of anilines is 1. The molecule has 21 heavy (non-hydrogen) atoms. The van der Waals surface area contributed by atoms with Gasteiger partial charge >= 0.3 is 5.97 Å². The molecule has 1 aromatic heterocycles. The molecule has 0 unspecified atom stereocenters. The Labute approximate surface area is 127 Å². The summed E-state index contributed by atoms with van der Waals surface area (Å²) in [6.07, 6.45) is 2.17. The number of benzene rings is 1. The Morgan fingerprint density at radius 3 is 2.71 bits per heavy atom. The number of rotatable bonds is 6. The first-order valence-corrected chi connectivity index (χ1v) is 7.60. The first-order valence-electron chi connectivity index (χ1n) is 6.72. The average molecular weight is 303 g/mol. The van der Waals surface area contributed by atoms with Crippen molar-refractivity contribution in [3.05, 3.63) is 51.7 Å². The van der Waals surface area contributed by atoms with E-state index in [1.54, 1.807) is 30.4 Å². The number of carbonyl (C=O) groups is 2. The lowest BCUT2D eigenvalue weighted by Gasteiger charge is -2.09. The maximum atomic E-state index is 11.9. The number of hydrogen-bond donors (Lipinski definition) is 2. The summed E-state index contributed by atoms with van der Waals surface area (Å²) in [5, 5.41) is 13.8. The Balaban J connectivity index is 1.86. The number of thiophene rings is 1. The van der Waals surface area contributed by atoms with Gasteiger partial charge in [-0.25, -0.2) is 4.79 Å². The molecule has 1 amide bonds. The summed E-state index contributed by atoms with van der Waals surface area (Å²) in [4.78, 5) is 24.0. The van der Waals surface area contributed by atoms with Crippen molar-refractivity contribution in [2.75, 3.05) is 5.32 Å². The Morgan fingerprint density at radius 2 is 2.10 bits per heavy atom. The van der Waals surface area contributed by atoms with Gasteiger partial charge in [0, 0.05) is 17.0 Å². The number of nitrogens with one attached hydrogen (secondary N) is 1. The van der Waals surface area contributed by atoms with E-state index < -0.39 is 5.97 Å². The molecular formula is C16H17NO3S. The van der Waals surface area contributed by atoms with Gasteiger partial charge in [0.15, 0.2) is 0 Å². The highest BCUT2D eigenvalue weighted by Gasteiger charge is 2.08. The van der Waals surface area contributed by atoms with Crippen LogP contribution in [0.4, 0.5) is 5.69 Å². The fourth-order valence-electron chi connectivity index (χ4n) is 2.03. The highest BCUT2D eigenvalue weighted by Crippen LogP contribution is 2.17. The molecule has 2 N–H and O–H groups in total. The maximum absolute atomic E-state index is 11.9. The third kappa shape index (κ3) is 4.43. The minimum Gasteiger partial charge on any atom is -0.478 e. The van der Waals surface area contributed by atoms with Crippen LogP contribution in [0, 0.1) is 6.92 Å². The topological polar surface area (TPSA) is 66.4 Å². The largest absolute Gasteiger partial charge is 0.478 e. The summed E-state index contributed by atoms with van der Waals surface area (Å²) in [5.74, 6) is -1.01. The Bertz CT molecular complexity index is 635. The molecule has 0 spiro atoms. The van der Waals surface area contributed by atoms with E-state index in [-0.39, 0.29) is 11.5 Å². The van der Waals surface area contributed by atoms with Gasteiger partial charge in [-0.15, -0.1) is 11.3 Å². The molecule has 0 bridgehead atoms. The highest BCUT2D eigenvalue weighted by atomic mass is 32.1. The molecule has 1 aromatic carbocycles. The second-order valence-corrected chi connectivity index (χ2v) is 5.85. The minimum absolute atomic E-state index is 0.0438. The molecule has 2 aromatic rings. The Kier molecular flexibility index (Phi) is 5.11. The standard InChI is InChI=1S/C16H17NO3S/c1-11-10-12(16(19)20)7-8-14(11)17-15(18)6-2-4-13-5-3-9-21-13/h3,5,7-10H,2,4,6H2,1H3,(H,17,18)(H,19,20). The number of aryl methyl sites for hydroxylation is 2. The van der Waals surface area contributed by atoms with Crippen LogP contribution in [0.1, 0.15) is 33.6 Å². The van der Waals surface area contributed by atoms with Gasteiger partial charge in [-0.1, -0.05) is 6.07 Å². The second-order valence-electron chi connectivity index (χ2n) is 4.82. The zero-order valence-corrected chi connectivity index (χ0v) is 12.6. The zero-order valence-electron chi connectivity index (χ0n) is 11.8. The van der Waals surface area contributed by atoms with Crippen molar-refractivity contribution >= 4 is 28.9 Å². The van der Waals surface area contributed by atoms with E-state index in [9.17, 15) is 9.59 Å². The van der Waals surface area contributed by atoms with Crippen LogP contribution < -0.4 is 5.32 Å². The SMILES string of the molecule is Cc1cc(C(=O)O)ccc1NC(=O)CCCc1cccs1. The van der Waals surface area contributed by atoms with Gasteiger partial charge in [-0.05, 0) is 55.0 Å². The third-order valence-corrected chi connectivity index (χ3v) is 4.09. The summed E-state index contributed by atoms with van der Waals surface area (Å²) >= 11 is 1.70. The van der Waals surface area contributed by atoms with E-state index >= 15 is 0 Å².